The number of fused-ring (bicyclic) bond motifs is 1. The molecule has 3 unspecified atom stereocenters. The van der Waals surface area contributed by atoms with E-state index in [0.717, 1.165) is 19.3 Å². The Morgan fingerprint density at radius 1 is 1.36 bits per heavy atom. The van der Waals surface area contributed by atoms with E-state index in [4.69, 9.17) is 14.7 Å². The number of benzene rings is 1. The van der Waals surface area contributed by atoms with Crippen molar-refractivity contribution in [3.63, 3.8) is 0 Å². The van der Waals surface area contributed by atoms with Gasteiger partial charge in [0.2, 0.25) is 0 Å². The van der Waals surface area contributed by atoms with Gasteiger partial charge in [0.15, 0.2) is 18.1 Å². The number of carboxylic acids is 1. The van der Waals surface area contributed by atoms with E-state index in [-0.39, 0.29) is 24.3 Å². The van der Waals surface area contributed by atoms with Gasteiger partial charge in [-0.25, -0.2) is 4.79 Å². The molecule has 0 spiro atoms. The molecule has 7 heteroatoms. The first-order valence-corrected chi connectivity index (χ1v) is 8.28. The third-order valence-electron chi connectivity index (χ3n) is 5.11. The maximum atomic E-state index is 12.5. The Morgan fingerprint density at radius 2 is 2.16 bits per heavy atom. The number of methoxy groups -OCH3 is 1. The molecule has 2 fully saturated rings. The molecule has 1 aromatic carbocycles. The maximum Gasteiger partial charge on any atom is 0.326 e. The molecule has 0 radical (unpaired) electrons. The lowest BCUT2D eigenvalue weighted by Gasteiger charge is -2.24. The van der Waals surface area contributed by atoms with E-state index in [2.05, 4.69) is 0 Å². The fourth-order valence-corrected chi connectivity index (χ4v) is 3.96. The van der Waals surface area contributed by atoms with Crippen molar-refractivity contribution in [1.82, 2.24) is 4.90 Å². The van der Waals surface area contributed by atoms with Crippen molar-refractivity contribution >= 4 is 11.9 Å². The second kappa shape index (κ2) is 7.01. The van der Waals surface area contributed by atoms with E-state index >= 15 is 0 Å². The van der Waals surface area contributed by atoms with Gasteiger partial charge in [0.25, 0.3) is 5.91 Å². The third kappa shape index (κ3) is 3.25. The summed E-state index contributed by atoms with van der Waals surface area (Å²) in [7, 11) is 1.45. The largest absolute Gasteiger partial charge is 0.493 e. The number of hydrogen-bond acceptors (Lipinski definition) is 5. The fraction of sp³-hybridized carbons (Fsp3) is 0.500. The van der Waals surface area contributed by atoms with Crippen molar-refractivity contribution in [2.45, 2.75) is 25.3 Å². The molecule has 3 atom stereocenters. The predicted octanol–water partition coefficient (Wildman–Crippen LogP) is 1.66. The van der Waals surface area contributed by atoms with E-state index in [1.807, 2.05) is 6.07 Å². The Labute approximate surface area is 145 Å². The van der Waals surface area contributed by atoms with Gasteiger partial charge in [-0.1, -0.05) is 6.42 Å². The minimum atomic E-state index is -0.946. The molecule has 1 amide bonds. The summed E-state index contributed by atoms with van der Waals surface area (Å²) in [6.07, 6.45) is 2.86. The smallest absolute Gasteiger partial charge is 0.326 e. The van der Waals surface area contributed by atoms with Crippen LogP contribution in [-0.4, -0.2) is 48.2 Å². The second-order valence-electron chi connectivity index (χ2n) is 6.45. The topological polar surface area (TPSA) is 99.9 Å². The minimum Gasteiger partial charge on any atom is -0.493 e. The SMILES string of the molecule is COc1cc(C#N)ccc1OCC(=O)N1CC2CCCC2C1C(=O)O. The third-order valence-corrected chi connectivity index (χ3v) is 5.11. The van der Waals surface area contributed by atoms with E-state index in [0.29, 0.717) is 23.6 Å². The number of hydrogen-bond donors (Lipinski definition) is 1. The Bertz CT molecular complexity index is 727. The van der Waals surface area contributed by atoms with Crippen LogP contribution in [0.3, 0.4) is 0 Å². The molecule has 25 heavy (non-hydrogen) atoms. The summed E-state index contributed by atoms with van der Waals surface area (Å²) in [6.45, 7) is 0.222. The molecule has 1 aliphatic heterocycles. The van der Waals surface area contributed by atoms with Gasteiger partial charge in [-0.15, -0.1) is 0 Å². The lowest BCUT2D eigenvalue weighted by molar-refractivity contribution is -0.150. The number of nitriles is 1. The Morgan fingerprint density at radius 3 is 2.84 bits per heavy atom. The average Bonchev–Trinajstić information content (AvgIpc) is 3.19. The van der Waals surface area contributed by atoms with Crippen LogP contribution >= 0.6 is 0 Å². The van der Waals surface area contributed by atoms with Crippen LogP contribution in [0.4, 0.5) is 0 Å². The highest BCUT2D eigenvalue weighted by Crippen LogP contribution is 2.42. The first-order chi connectivity index (χ1) is 12.0. The predicted molar refractivity (Wildman–Crippen MR) is 87.2 cm³/mol. The summed E-state index contributed by atoms with van der Waals surface area (Å²) in [5, 5.41) is 18.4. The molecule has 1 saturated heterocycles. The molecular weight excluding hydrogens is 324 g/mol. The van der Waals surface area contributed by atoms with Crippen LogP contribution in [0.2, 0.25) is 0 Å². The number of rotatable bonds is 5. The van der Waals surface area contributed by atoms with Gasteiger partial charge >= 0.3 is 5.97 Å². The van der Waals surface area contributed by atoms with Crippen LogP contribution < -0.4 is 9.47 Å². The van der Waals surface area contributed by atoms with Crippen LogP contribution in [0.25, 0.3) is 0 Å². The van der Waals surface area contributed by atoms with Crippen LogP contribution in [0.5, 0.6) is 11.5 Å². The zero-order valence-corrected chi connectivity index (χ0v) is 14.0. The summed E-state index contributed by atoms with van der Waals surface area (Å²) in [4.78, 5) is 25.6. The van der Waals surface area contributed by atoms with Crippen molar-refractivity contribution in [3.8, 4) is 17.6 Å². The summed E-state index contributed by atoms with van der Waals surface area (Å²) >= 11 is 0. The normalized spacial score (nSPS) is 24.5. The number of ether oxygens (including phenoxy) is 2. The van der Waals surface area contributed by atoms with Crippen molar-refractivity contribution in [3.05, 3.63) is 23.8 Å². The molecule has 0 bridgehead atoms. The number of nitrogens with zero attached hydrogens (tertiary/aromatic N) is 2. The first kappa shape index (κ1) is 17.1. The maximum absolute atomic E-state index is 12.5. The molecule has 1 heterocycles. The van der Waals surface area contributed by atoms with Gasteiger partial charge in [-0.05, 0) is 36.8 Å². The van der Waals surface area contributed by atoms with E-state index in [9.17, 15) is 14.7 Å². The second-order valence-corrected chi connectivity index (χ2v) is 6.45. The van der Waals surface area contributed by atoms with E-state index in [1.54, 1.807) is 12.1 Å². The molecule has 1 aromatic rings. The fourth-order valence-electron chi connectivity index (χ4n) is 3.96. The lowest BCUT2D eigenvalue weighted by Crippen LogP contribution is -2.45. The van der Waals surface area contributed by atoms with Crippen molar-refractivity contribution in [1.29, 1.82) is 5.26 Å². The number of carboxylic acid groups (broad SMARTS) is 1. The summed E-state index contributed by atoms with van der Waals surface area (Å²) in [5.41, 5.74) is 0.425. The Kier molecular flexibility index (Phi) is 4.79. The van der Waals surface area contributed by atoms with Gasteiger partial charge in [0.1, 0.15) is 6.04 Å². The Hall–Kier alpha value is -2.75. The number of carbonyl (C=O) groups excluding carboxylic acids is 1. The quantitative estimate of drug-likeness (QED) is 0.872. The highest BCUT2D eigenvalue weighted by atomic mass is 16.5. The summed E-state index contributed by atoms with van der Waals surface area (Å²) in [6, 6.07) is 5.91. The molecule has 7 nitrogen and oxygen atoms in total. The van der Waals surface area contributed by atoms with Gasteiger partial charge < -0.3 is 19.5 Å². The zero-order chi connectivity index (χ0) is 18.0. The highest BCUT2D eigenvalue weighted by Gasteiger charge is 2.49. The van der Waals surface area contributed by atoms with Gasteiger partial charge in [0.05, 0.1) is 18.7 Å². The molecular formula is C18H20N2O5. The lowest BCUT2D eigenvalue weighted by atomic mass is 9.94. The number of likely N-dealkylation sites (tertiary alicyclic amines) is 1. The van der Waals surface area contributed by atoms with Crippen LogP contribution in [0.1, 0.15) is 24.8 Å². The first-order valence-electron chi connectivity index (χ1n) is 8.28. The van der Waals surface area contributed by atoms with Crippen LogP contribution in [0.15, 0.2) is 18.2 Å². The minimum absolute atomic E-state index is 0.0471. The molecule has 0 aromatic heterocycles. The molecule has 1 N–H and O–H groups in total. The number of carbonyl (C=O) groups is 2. The van der Waals surface area contributed by atoms with Gasteiger partial charge in [-0.3, -0.25) is 4.79 Å². The monoisotopic (exact) mass is 344 g/mol. The van der Waals surface area contributed by atoms with Gasteiger partial charge in [0, 0.05) is 12.6 Å². The number of aliphatic carboxylic acids is 1. The van der Waals surface area contributed by atoms with Crippen LogP contribution in [0, 0.1) is 23.2 Å². The Balaban J connectivity index is 1.68. The molecule has 3 rings (SSSR count). The summed E-state index contributed by atoms with van der Waals surface area (Å²) < 4.78 is 10.7. The van der Waals surface area contributed by atoms with Crippen molar-refractivity contribution in [2.75, 3.05) is 20.3 Å². The number of amides is 1. The molecule has 2 aliphatic rings. The van der Waals surface area contributed by atoms with E-state index < -0.39 is 12.0 Å². The van der Waals surface area contributed by atoms with Gasteiger partial charge in [-0.2, -0.15) is 5.26 Å². The highest BCUT2D eigenvalue weighted by molar-refractivity contribution is 5.85. The van der Waals surface area contributed by atoms with Crippen molar-refractivity contribution < 1.29 is 24.2 Å². The van der Waals surface area contributed by atoms with Crippen LogP contribution in [-0.2, 0) is 9.59 Å². The zero-order valence-electron chi connectivity index (χ0n) is 14.0. The van der Waals surface area contributed by atoms with E-state index in [1.165, 1.54) is 18.1 Å². The molecule has 132 valence electrons. The molecule has 1 saturated carbocycles. The standard InChI is InChI=1S/C18H20N2O5/c1-24-15-7-11(8-19)5-6-14(15)25-10-16(21)20-9-12-3-2-4-13(12)17(20)18(22)23/h5-7,12-13,17H,2-4,9-10H2,1H3,(H,22,23). The van der Waals surface area contributed by atoms with Crippen molar-refractivity contribution in [2.24, 2.45) is 11.8 Å². The average molecular weight is 344 g/mol. The molecule has 1 aliphatic carbocycles. The summed E-state index contributed by atoms with van der Waals surface area (Å²) in [5.74, 6) is -0.256.